The highest BCUT2D eigenvalue weighted by atomic mass is 16.5. The van der Waals surface area contributed by atoms with E-state index in [0.29, 0.717) is 17.4 Å². The van der Waals surface area contributed by atoms with Crippen molar-refractivity contribution < 1.29 is 9.53 Å². The van der Waals surface area contributed by atoms with Gasteiger partial charge in [-0.2, -0.15) is 0 Å². The minimum atomic E-state index is -0.280. The van der Waals surface area contributed by atoms with E-state index in [9.17, 15) is 9.59 Å². The Hall–Kier alpha value is -1.82. The van der Waals surface area contributed by atoms with Crippen molar-refractivity contribution in [2.24, 2.45) is 0 Å². The maximum Gasteiger partial charge on any atom is 0.257 e. The average Bonchev–Trinajstić information content (AvgIpc) is 2.97. The predicted molar refractivity (Wildman–Crippen MR) is 74.1 cm³/mol. The summed E-state index contributed by atoms with van der Waals surface area (Å²) in [6, 6.07) is 1.66. The van der Waals surface area contributed by atoms with Crippen molar-refractivity contribution in [1.82, 2.24) is 15.6 Å². The van der Waals surface area contributed by atoms with Crippen molar-refractivity contribution in [3.63, 3.8) is 0 Å². The Morgan fingerprint density at radius 3 is 3.15 bits per heavy atom. The molecule has 2 fully saturated rings. The standard InChI is InChI=1S/C14H19N3O3/c1-20-10-7-12(18)16-8-9(10)13(19)17-14-4-2-3-11(14)15-6-5-14/h7-8,11,15H,2-6H2,1H3,(H,16,18)(H,17,19). The number of H-pyrrole nitrogens is 1. The highest BCUT2D eigenvalue weighted by Crippen LogP contribution is 2.37. The number of methoxy groups -OCH3 is 1. The third-order valence-corrected chi connectivity index (χ3v) is 4.46. The van der Waals surface area contributed by atoms with Crippen LogP contribution in [-0.4, -0.2) is 36.1 Å². The van der Waals surface area contributed by atoms with Crippen LogP contribution in [0.2, 0.25) is 0 Å². The van der Waals surface area contributed by atoms with Crippen LogP contribution < -0.4 is 20.9 Å². The number of pyridine rings is 1. The van der Waals surface area contributed by atoms with E-state index in [1.165, 1.54) is 19.4 Å². The zero-order valence-electron chi connectivity index (χ0n) is 11.5. The molecular formula is C14H19N3O3. The van der Waals surface area contributed by atoms with Crippen molar-refractivity contribution in [2.75, 3.05) is 13.7 Å². The Morgan fingerprint density at radius 1 is 1.50 bits per heavy atom. The quantitative estimate of drug-likeness (QED) is 0.746. The number of ether oxygens (including phenoxy) is 1. The lowest BCUT2D eigenvalue weighted by Gasteiger charge is -2.30. The van der Waals surface area contributed by atoms with E-state index >= 15 is 0 Å². The van der Waals surface area contributed by atoms with Crippen molar-refractivity contribution >= 4 is 5.91 Å². The van der Waals surface area contributed by atoms with Crippen molar-refractivity contribution in [2.45, 2.75) is 37.3 Å². The van der Waals surface area contributed by atoms with E-state index in [2.05, 4.69) is 15.6 Å². The number of carbonyl (C=O) groups excluding carboxylic acids is 1. The van der Waals surface area contributed by atoms with Crippen molar-refractivity contribution in [3.8, 4) is 5.75 Å². The number of rotatable bonds is 3. The topological polar surface area (TPSA) is 83.2 Å². The summed E-state index contributed by atoms with van der Waals surface area (Å²) in [5.41, 5.74) is -0.0463. The van der Waals surface area contributed by atoms with Gasteiger partial charge in [0, 0.05) is 18.3 Å². The third kappa shape index (κ3) is 2.10. The molecule has 3 N–H and O–H groups in total. The summed E-state index contributed by atoms with van der Waals surface area (Å²) in [7, 11) is 1.46. The van der Waals surface area contributed by atoms with Gasteiger partial charge in [-0.15, -0.1) is 0 Å². The maximum absolute atomic E-state index is 12.5. The summed E-state index contributed by atoms with van der Waals surface area (Å²) in [6.45, 7) is 0.938. The van der Waals surface area contributed by atoms with E-state index < -0.39 is 0 Å². The molecule has 2 aliphatic rings. The molecule has 1 saturated heterocycles. The molecule has 2 heterocycles. The van der Waals surface area contributed by atoms with Gasteiger partial charge < -0.3 is 20.4 Å². The Labute approximate surface area is 116 Å². The van der Waals surface area contributed by atoms with Crippen LogP contribution in [0.25, 0.3) is 0 Å². The molecule has 1 saturated carbocycles. The second-order valence-electron chi connectivity index (χ2n) is 5.54. The van der Waals surface area contributed by atoms with E-state index in [0.717, 1.165) is 32.2 Å². The highest BCUT2D eigenvalue weighted by Gasteiger charge is 2.47. The number of carbonyl (C=O) groups is 1. The number of fused-ring (bicyclic) bond motifs is 1. The molecule has 1 amide bonds. The molecule has 20 heavy (non-hydrogen) atoms. The Balaban J connectivity index is 1.85. The number of aromatic amines is 1. The first-order chi connectivity index (χ1) is 9.64. The van der Waals surface area contributed by atoms with Crippen molar-refractivity contribution in [1.29, 1.82) is 0 Å². The van der Waals surface area contributed by atoms with Crippen LogP contribution >= 0.6 is 0 Å². The lowest BCUT2D eigenvalue weighted by molar-refractivity contribution is 0.0894. The fourth-order valence-electron chi connectivity index (χ4n) is 3.44. The van der Waals surface area contributed by atoms with Gasteiger partial charge in [0.1, 0.15) is 5.75 Å². The lowest BCUT2D eigenvalue weighted by Crippen LogP contribution is -2.52. The summed E-state index contributed by atoms with van der Waals surface area (Å²) < 4.78 is 5.12. The molecule has 1 aliphatic heterocycles. The molecule has 0 spiro atoms. The number of aromatic nitrogens is 1. The smallest absolute Gasteiger partial charge is 0.257 e. The monoisotopic (exact) mass is 277 g/mol. The first-order valence-electron chi connectivity index (χ1n) is 6.97. The van der Waals surface area contributed by atoms with Gasteiger partial charge in [0.05, 0.1) is 18.2 Å². The number of hydrogen-bond acceptors (Lipinski definition) is 4. The molecule has 1 aliphatic carbocycles. The molecule has 3 rings (SSSR count). The molecule has 6 nitrogen and oxygen atoms in total. The largest absolute Gasteiger partial charge is 0.496 e. The van der Waals surface area contributed by atoms with Gasteiger partial charge in [-0.25, -0.2) is 0 Å². The molecule has 6 heteroatoms. The summed E-state index contributed by atoms with van der Waals surface area (Å²) in [5.74, 6) is 0.122. The van der Waals surface area contributed by atoms with Gasteiger partial charge in [0.2, 0.25) is 0 Å². The fraction of sp³-hybridized carbons (Fsp3) is 0.571. The summed E-state index contributed by atoms with van der Waals surface area (Å²) in [5, 5.41) is 6.61. The lowest BCUT2D eigenvalue weighted by atomic mass is 9.92. The van der Waals surface area contributed by atoms with Crippen LogP contribution in [0.5, 0.6) is 5.75 Å². The van der Waals surface area contributed by atoms with Crippen LogP contribution in [0.3, 0.4) is 0 Å². The maximum atomic E-state index is 12.5. The molecule has 2 atom stereocenters. The summed E-state index contributed by atoms with van der Waals surface area (Å²) >= 11 is 0. The summed E-state index contributed by atoms with van der Waals surface area (Å²) in [4.78, 5) is 26.3. The number of nitrogens with one attached hydrogen (secondary N) is 3. The second-order valence-corrected chi connectivity index (χ2v) is 5.54. The minimum absolute atomic E-state index is 0.141. The molecule has 0 bridgehead atoms. The number of amides is 1. The third-order valence-electron chi connectivity index (χ3n) is 4.46. The first-order valence-corrected chi connectivity index (χ1v) is 6.97. The van der Waals surface area contributed by atoms with Gasteiger partial charge >= 0.3 is 0 Å². The Bertz CT molecular complexity index is 571. The fourth-order valence-corrected chi connectivity index (χ4v) is 3.44. The second kappa shape index (κ2) is 4.94. The van der Waals surface area contributed by atoms with E-state index in [4.69, 9.17) is 4.74 Å². The van der Waals surface area contributed by atoms with Crippen LogP contribution in [0.1, 0.15) is 36.0 Å². The van der Waals surface area contributed by atoms with Crippen LogP contribution in [0.15, 0.2) is 17.1 Å². The normalized spacial score (nSPS) is 28.1. The molecule has 1 aromatic rings. The van der Waals surface area contributed by atoms with E-state index in [1.54, 1.807) is 0 Å². The van der Waals surface area contributed by atoms with Gasteiger partial charge in [-0.05, 0) is 32.2 Å². The van der Waals surface area contributed by atoms with Gasteiger partial charge in [0.15, 0.2) is 0 Å². The zero-order chi connectivity index (χ0) is 14.2. The predicted octanol–water partition coefficient (Wildman–Crippen LogP) is 0.398. The molecule has 1 aromatic heterocycles. The Morgan fingerprint density at radius 2 is 2.35 bits per heavy atom. The van der Waals surface area contributed by atoms with E-state index in [1.807, 2.05) is 0 Å². The molecular weight excluding hydrogens is 258 g/mol. The summed E-state index contributed by atoms with van der Waals surface area (Å²) in [6.07, 6.45) is 5.60. The first kappa shape index (κ1) is 13.2. The molecule has 0 radical (unpaired) electrons. The van der Waals surface area contributed by atoms with Crippen LogP contribution in [0.4, 0.5) is 0 Å². The zero-order valence-corrected chi connectivity index (χ0v) is 11.5. The van der Waals surface area contributed by atoms with Gasteiger partial charge in [0.25, 0.3) is 11.5 Å². The van der Waals surface area contributed by atoms with Gasteiger partial charge in [-0.3, -0.25) is 9.59 Å². The molecule has 2 unspecified atom stereocenters. The van der Waals surface area contributed by atoms with Crippen LogP contribution in [-0.2, 0) is 0 Å². The van der Waals surface area contributed by atoms with Crippen LogP contribution in [0, 0.1) is 0 Å². The molecule has 108 valence electrons. The van der Waals surface area contributed by atoms with Crippen molar-refractivity contribution in [3.05, 3.63) is 28.2 Å². The minimum Gasteiger partial charge on any atom is -0.496 e. The molecule has 0 aromatic carbocycles. The highest BCUT2D eigenvalue weighted by molar-refractivity contribution is 5.97. The van der Waals surface area contributed by atoms with Gasteiger partial charge in [-0.1, -0.05) is 0 Å². The Kier molecular flexibility index (Phi) is 3.25. The number of hydrogen-bond donors (Lipinski definition) is 3. The van der Waals surface area contributed by atoms with E-state index in [-0.39, 0.29) is 17.0 Å². The SMILES string of the molecule is COc1cc(=O)[nH]cc1C(=O)NC12CCCC1NCC2. The average molecular weight is 277 g/mol.